The molecule has 0 spiro atoms. The summed E-state index contributed by atoms with van der Waals surface area (Å²) in [6, 6.07) is 10.5. The average molecular weight is 386 g/mol. The lowest BCUT2D eigenvalue weighted by Crippen LogP contribution is -2.21. The van der Waals surface area contributed by atoms with Gasteiger partial charge in [-0.2, -0.15) is 0 Å². The van der Waals surface area contributed by atoms with Gasteiger partial charge in [-0.05, 0) is 62.6 Å². The van der Waals surface area contributed by atoms with Gasteiger partial charge in [0.1, 0.15) is 5.58 Å². The second-order valence-corrected chi connectivity index (χ2v) is 8.13. The van der Waals surface area contributed by atoms with Gasteiger partial charge in [0.15, 0.2) is 5.69 Å². The summed E-state index contributed by atoms with van der Waals surface area (Å²) < 4.78 is 33.9. The van der Waals surface area contributed by atoms with Crippen molar-refractivity contribution < 1.29 is 12.8 Å². The smallest absolute Gasteiger partial charge is 0.363 e. The van der Waals surface area contributed by atoms with E-state index in [2.05, 4.69) is 10.0 Å². The number of aryl methyl sites for hydroxylation is 2. The Kier molecular flexibility index (Phi) is 4.97. The van der Waals surface area contributed by atoms with Gasteiger partial charge < -0.3 is 9.73 Å². The molecule has 3 rings (SSSR count). The van der Waals surface area contributed by atoms with E-state index in [9.17, 15) is 13.2 Å². The first-order valence-corrected chi connectivity index (χ1v) is 10.1. The molecule has 1 heterocycles. The second kappa shape index (κ2) is 7.08. The fourth-order valence-electron chi connectivity index (χ4n) is 3.07. The number of hydrogen-bond acceptors (Lipinski definition) is 5. The van der Waals surface area contributed by atoms with E-state index < -0.39 is 15.6 Å². The lowest BCUT2D eigenvalue weighted by Gasteiger charge is -2.16. The minimum atomic E-state index is -3.97. The van der Waals surface area contributed by atoms with Gasteiger partial charge in [-0.15, -0.1) is 0 Å². The lowest BCUT2D eigenvalue weighted by molar-refractivity contribution is 0.563. The fraction of sp³-hybridized carbons (Fsp3) is 0.250. The summed E-state index contributed by atoms with van der Waals surface area (Å²) in [6.45, 7) is 7.83. The molecule has 0 aliphatic rings. The van der Waals surface area contributed by atoms with Crippen LogP contribution in [0.15, 0.2) is 50.5 Å². The standard InChI is InChI=1S/C20H22N2O4S/c1-5-21-18-15-8-6-7-9-16(15)26-20(23)19(18)22-27(24,25)17-11-12(2)10-13(3)14(17)4/h6-11,21-22H,5H2,1-4H3. The van der Waals surface area contributed by atoms with Gasteiger partial charge in [-0.3, -0.25) is 4.72 Å². The Morgan fingerprint density at radius 2 is 1.74 bits per heavy atom. The average Bonchev–Trinajstić information content (AvgIpc) is 2.61. The van der Waals surface area contributed by atoms with Crippen molar-refractivity contribution >= 4 is 32.4 Å². The third-order valence-electron chi connectivity index (χ3n) is 4.46. The molecule has 1 aromatic heterocycles. The third-order valence-corrected chi connectivity index (χ3v) is 5.93. The van der Waals surface area contributed by atoms with Crippen LogP contribution in [0.4, 0.5) is 11.4 Å². The second-order valence-electron chi connectivity index (χ2n) is 6.48. The number of nitrogens with one attached hydrogen (secondary N) is 2. The highest BCUT2D eigenvalue weighted by Gasteiger charge is 2.23. The summed E-state index contributed by atoms with van der Waals surface area (Å²) in [5, 5.41) is 3.72. The van der Waals surface area contributed by atoms with Crippen molar-refractivity contribution in [3.8, 4) is 0 Å². The van der Waals surface area contributed by atoms with Crippen molar-refractivity contribution in [2.45, 2.75) is 32.6 Å². The first-order valence-electron chi connectivity index (χ1n) is 8.65. The molecule has 0 unspecified atom stereocenters. The molecule has 0 aliphatic heterocycles. The van der Waals surface area contributed by atoms with Crippen LogP contribution in [0.3, 0.4) is 0 Å². The van der Waals surface area contributed by atoms with Crippen molar-refractivity contribution in [2.75, 3.05) is 16.6 Å². The van der Waals surface area contributed by atoms with E-state index in [1.54, 1.807) is 37.3 Å². The summed E-state index contributed by atoms with van der Waals surface area (Å²) in [4.78, 5) is 12.7. The van der Waals surface area contributed by atoms with E-state index in [-0.39, 0.29) is 10.6 Å². The van der Waals surface area contributed by atoms with Crippen molar-refractivity contribution in [3.63, 3.8) is 0 Å². The van der Waals surface area contributed by atoms with Crippen molar-refractivity contribution in [2.24, 2.45) is 0 Å². The Morgan fingerprint density at radius 1 is 1.04 bits per heavy atom. The Bertz CT molecular complexity index is 1180. The minimum Gasteiger partial charge on any atom is -0.421 e. The molecule has 0 aliphatic carbocycles. The molecule has 0 fully saturated rings. The summed E-state index contributed by atoms with van der Waals surface area (Å²) in [5.74, 6) is 0. The number of anilines is 2. The number of hydrogen-bond donors (Lipinski definition) is 2. The highest BCUT2D eigenvalue weighted by Crippen LogP contribution is 2.31. The maximum Gasteiger partial charge on any atom is 0.363 e. The van der Waals surface area contributed by atoms with Crippen LogP contribution in [-0.4, -0.2) is 15.0 Å². The summed E-state index contributed by atoms with van der Waals surface area (Å²) in [5.41, 5.74) is 2.29. The molecule has 2 N–H and O–H groups in total. The minimum absolute atomic E-state index is 0.117. The number of sulfonamides is 1. The number of para-hydroxylation sites is 1. The van der Waals surface area contributed by atoms with Gasteiger partial charge in [0.25, 0.3) is 10.0 Å². The van der Waals surface area contributed by atoms with Crippen LogP contribution in [0, 0.1) is 20.8 Å². The van der Waals surface area contributed by atoms with E-state index in [1.165, 1.54) is 0 Å². The molecule has 142 valence electrons. The fourth-order valence-corrected chi connectivity index (χ4v) is 4.54. The quantitative estimate of drug-likeness (QED) is 0.648. The van der Waals surface area contributed by atoms with Crippen LogP contribution >= 0.6 is 0 Å². The molecule has 6 nitrogen and oxygen atoms in total. The number of fused-ring (bicyclic) bond motifs is 1. The van der Waals surface area contributed by atoms with E-state index in [4.69, 9.17) is 4.42 Å². The Hall–Kier alpha value is -2.80. The summed E-state index contributed by atoms with van der Waals surface area (Å²) in [7, 11) is -3.97. The molecule has 0 radical (unpaired) electrons. The highest BCUT2D eigenvalue weighted by molar-refractivity contribution is 7.92. The van der Waals surface area contributed by atoms with E-state index in [0.717, 1.165) is 11.1 Å². The summed E-state index contributed by atoms with van der Waals surface area (Å²) >= 11 is 0. The van der Waals surface area contributed by atoms with Gasteiger partial charge in [0.2, 0.25) is 0 Å². The first kappa shape index (κ1) is 19.0. The topological polar surface area (TPSA) is 88.4 Å². The molecule has 0 saturated heterocycles. The zero-order valence-electron chi connectivity index (χ0n) is 15.7. The molecular weight excluding hydrogens is 364 g/mol. The van der Waals surface area contributed by atoms with Gasteiger partial charge in [0.05, 0.1) is 10.6 Å². The normalized spacial score (nSPS) is 11.6. The molecule has 7 heteroatoms. The predicted molar refractivity (Wildman–Crippen MR) is 108 cm³/mol. The van der Waals surface area contributed by atoms with Crippen LogP contribution < -0.4 is 15.7 Å². The molecule has 0 saturated carbocycles. The number of rotatable bonds is 5. The SMILES string of the molecule is CCNc1c(NS(=O)(=O)c2cc(C)cc(C)c2C)c(=O)oc2ccccc12. The molecule has 3 aromatic rings. The zero-order chi connectivity index (χ0) is 19.8. The monoisotopic (exact) mass is 386 g/mol. The lowest BCUT2D eigenvalue weighted by atomic mass is 10.1. The maximum absolute atomic E-state index is 13.1. The Morgan fingerprint density at radius 3 is 2.44 bits per heavy atom. The number of benzene rings is 2. The van der Waals surface area contributed by atoms with Gasteiger partial charge in [-0.1, -0.05) is 18.2 Å². The predicted octanol–water partition coefficient (Wildman–Crippen LogP) is 3.95. The van der Waals surface area contributed by atoms with Crippen molar-refractivity contribution in [1.82, 2.24) is 0 Å². The van der Waals surface area contributed by atoms with Crippen LogP contribution in [0.5, 0.6) is 0 Å². The van der Waals surface area contributed by atoms with Gasteiger partial charge >= 0.3 is 5.63 Å². The zero-order valence-corrected chi connectivity index (χ0v) is 16.5. The molecule has 0 atom stereocenters. The molecule has 0 amide bonds. The maximum atomic E-state index is 13.1. The molecule has 2 aromatic carbocycles. The first-order chi connectivity index (χ1) is 12.7. The summed E-state index contributed by atoms with van der Waals surface area (Å²) in [6.07, 6.45) is 0. The van der Waals surface area contributed by atoms with E-state index in [0.29, 0.717) is 28.8 Å². The Balaban J connectivity index is 2.21. The van der Waals surface area contributed by atoms with Crippen molar-refractivity contribution in [3.05, 3.63) is 63.5 Å². The van der Waals surface area contributed by atoms with E-state index >= 15 is 0 Å². The molecule has 27 heavy (non-hydrogen) atoms. The van der Waals surface area contributed by atoms with Gasteiger partial charge in [-0.25, -0.2) is 13.2 Å². The third kappa shape index (κ3) is 3.55. The van der Waals surface area contributed by atoms with Gasteiger partial charge in [0, 0.05) is 11.9 Å². The van der Waals surface area contributed by atoms with Crippen LogP contribution in [0.1, 0.15) is 23.6 Å². The van der Waals surface area contributed by atoms with Crippen LogP contribution in [0.2, 0.25) is 0 Å². The largest absolute Gasteiger partial charge is 0.421 e. The molecule has 0 bridgehead atoms. The van der Waals surface area contributed by atoms with Crippen LogP contribution in [-0.2, 0) is 10.0 Å². The highest BCUT2D eigenvalue weighted by atomic mass is 32.2. The van der Waals surface area contributed by atoms with Crippen LogP contribution in [0.25, 0.3) is 11.0 Å². The Labute approximate surface area is 158 Å². The van der Waals surface area contributed by atoms with E-state index in [1.807, 2.05) is 26.8 Å². The molecular formula is C20H22N2O4S. The van der Waals surface area contributed by atoms with Crippen molar-refractivity contribution in [1.29, 1.82) is 0 Å².